The molecule has 0 radical (unpaired) electrons. The molecule has 3 rings (SSSR count). The second-order valence-corrected chi connectivity index (χ2v) is 7.55. The summed E-state index contributed by atoms with van der Waals surface area (Å²) in [6, 6.07) is 18.7. The molecule has 0 aliphatic heterocycles. The summed E-state index contributed by atoms with van der Waals surface area (Å²) in [5, 5.41) is 7.22. The molecule has 0 aliphatic rings. The van der Waals surface area contributed by atoms with Gasteiger partial charge in [0, 0.05) is 31.5 Å². The van der Waals surface area contributed by atoms with E-state index in [9.17, 15) is 9.59 Å². The van der Waals surface area contributed by atoms with E-state index < -0.39 is 5.97 Å². The highest BCUT2D eigenvalue weighted by atomic mass is 16.5. The van der Waals surface area contributed by atoms with E-state index in [0.717, 1.165) is 17.8 Å². The second kappa shape index (κ2) is 11.1. The zero-order valence-corrected chi connectivity index (χ0v) is 18.7. The summed E-state index contributed by atoms with van der Waals surface area (Å²) in [7, 11) is 3.97. The normalized spacial score (nSPS) is 10.8. The first kappa shape index (κ1) is 23.0. The van der Waals surface area contributed by atoms with Gasteiger partial charge in [0.2, 0.25) is 0 Å². The van der Waals surface area contributed by atoms with Crippen LogP contribution < -0.4 is 5.32 Å². The third-order valence-corrected chi connectivity index (χ3v) is 4.78. The molecule has 168 valence electrons. The van der Waals surface area contributed by atoms with Gasteiger partial charge in [0.15, 0.2) is 5.69 Å². The Labute approximate surface area is 188 Å². The number of aromatic nitrogens is 2. The maximum atomic E-state index is 13.0. The number of hydrogen-bond acceptors (Lipinski definition) is 5. The molecule has 0 fully saturated rings. The van der Waals surface area contributed by atoms with E-state index in [1.165, 1.54) is 0 Å². The van der Waals surface area contributed by atoms with Gasteiger partial charge in [-0.05, 0) is 56.9 Å². The quantitative estimate of drug-likeness (QED) is 0.519. The van der Waals surface area contributed by atoms with Crippen molar-refractivity contribution < 1.29 is 14.3 Å². The van der Waals surface area contributed by atoms with Crippen LogP contribution in [0.25, 0.3) is 5.69 Å². The topological polar surface area (TPSA) is 79.7 Å². The van der Waals surface area contributed by atoms with Crippen molar-refractivity contribution in [2.45, 2.75) is 13.5 Å². The summed E-state index contributed by atoms with van der Waals surface area (Å²) in [5.74, 6) is -0.452. The lowest BCUT2D eigenvalue weighted by molar-refractivity contribution is 0.0519. The molecule has 0 bridgehead atoms. The summed E-state index contributed by atoms with van der Waals surface area (Å²) in [6.07, 6.45) is 1.70. The lowest BCUT2D eigenvalue weighted by Crippen LogP contribution is -2.39. The van der Waals surface area contributed by atoms with Crippen LogP contribution in [0.1, 0.15) is 23.0 Å². The smallest absolute Gasteiger partial charge is 0.358 e. The van der Waals surface area contributed by atoms with Gasteiger partial charge in [0.05, 0.1) is 12.3 Å². The van der Waals surface area contributed by atoms with Crippen molar-refractivity contribution >= 4 is 17.7 Å². The van der Waals surface area contributed by atoms with Crippen LogP contribution in [-0.2, 0) is 11.3 Å². The van der Waals surface area contributed by atoms with Crippen LogP contribution in [0.15, 0.2) is 66.9 Å². The Morgan fingerprint density at radius 1 is 1.00 bits per heavy atom. The van der Waals surface area contributed by atoms with Gasteiger partial charge >= 0.3 is 12.0 Å². The number of nitrogens with zero attached hydrogens (tertiary/aromatic N) is 4. The van der Waals surface area contributed by atoms with Crippen molar-refractivity contribution in [3.63, 3.8) is 0 Å². The first-order valence-electron chi connectivity index (χ1n) is 10.5. The van der Waals surface area contributed by atoms with E-state index >= 15 is 0 Å². The molecule has 2 aromatic carbocycles. The zero-order chi connectivity index (χ0) is 22.9. The van der Waals surface area contributed by atoms with E-state index in [-0.39, 0.29) is 11.7 Å². The first-order chi connectivity index (χ1) is 15.5. The summed E-state index contributed by atoms with van der Waals surface area (Å²) >= 11 is 0. The molecular weight excluding hydrogens is 406 g/mol. The summed E-state index contributed by atoms with van der Waals surface area (Å²) in [4.78, 5) is 28.6. The number of anilines is 1. The third-order valence-electron chi connectivity index (χ3n) is 4.78. The minimum Gasteiger partial charge on any atom is -0.461 e. The summed E-state index contributed by atoms with van der Waals surface area (Å²) in [5.41, 5.74) is 2.78. The fraction of sp³-hybridized carbons (Fsp3) is 0.292. The minimum atomic E-state index is -0.452. The van der Waals surface area contributed by atoms with Crippen LogP contribution in [0.3, 0.4) is 0 Å². The maximum absolute atomic E-state index is 13.0. The number of hydrogen-bond donors (Lipinski definition) is 1. The maximum Gasteiger partial charge on any atom is 0.358 e. The SMILES string of the molecule is CCOC(=O)c1ccn(-c2ccc(NC(=O)N(CCN(C)C)Cc3ccccc3)cc2)n1. The molecule has 2 amide bonds. The Balaban J connectivity index is 1.66. The molecule has 32 heavy (non-hydrogen) atoms. The first-order valence-corrected chi connectivity index (χ1v) is 10.5. The second-order valence-electron chi connectivity index (χ2n) is 7.55. The van der Waals surface area contributed by atoms with Crippen molar-refractivity contribution in [1.82, 2.24) is 19.6 Å². The van der Waals surface area contributed by atoms with Gasteiger partial charge in [-0.25, -0.2) is 14.3 Å². The Morgan fingerprint density at radius 3 is 2.38 bits per heavy atom. The van der Waals surface area contributed by atoms with Gasteiger partial charge < -0.3 is 19.9 Å². The fourth-order valence-electron chi connectivity index (χ4n) is 3.06. The van der Waals surface area contributed by atoms with E-state index in [2.05, 4.69) is 15.3 Å². The number of ether oxygens (including phenoxy) is 1. The van der Waals surface area contributed by atoms with Gasteiger partial charge in [0.1, 0.15) is 0 Å². The molecule has 1 heterocycles. The van der Waals surface area contributed by atoms with Crippen molar-refractivity contribution in [1.29, 1.82) is 0 Å². The van der Waals surface area contributed by atoms with Crippen LogP contribution in [0, 0.1) is 0 Å². The molecule has 1 N–H and O–H groups in total. The highest BCUT2D eigenvalue weighted by molar-refractivity contribution is 5.89. The van der Waals surface area contributed by atoms with Crippen molar-refractivity contribution in [2.75, 3.05) is 39.1 Å². The van der Waals surface area contributed by atoms with Crippen molar-refractivity contribution in [2.24, 2.45) is 0 Å². The average Bonchev–Trinajstić information content (AvgIpc) is 3.28. The molecular formula is C24H29N5O3. The highest BCUT2D eigenvalue weighted by Gasteiger charge is 2.15. The van der Waals surface area contributed by atoms with Gasteiger partial charge in [-0.2, -0.15) is 5.10 Å². The van der Waals surface area contributed by atoms with E-state index in [1.54, 1.807) is 28.8 Å². The van der Waals surface area contributed by atoms with E-state index in [1.807, 2.05) is 68.7 Å². The average molecular weight is 436 g/mol. The van der Waals surface area contributed by atoms with Crippen LogP contribution in [0.5, 0.6) is 0 Å². The van der Waals surface area contributed by atoms with Gasteiger partial charge in [-0.3, -0.25) is 0 Å². The number of urea groups is 1. The van der Waals surface area contributed by atoms with E-state index in [0.29, 0.717) is 25.4 Å². The number of likely N-dealkylation sites (N-methyl/N-ethyl adjacent to an activating group) is 1. The standard InChI is InChI=1S/C24H29N5O3/c1-4-32-23(30)22-14-15-29(26-22)21-12-10-20(11-13-21)25-24(31)28(17-16-27(2)3)18-19-8-6-5-7-9-19/h5-15H,4,16-18H2,1-3H3,(H,25,31). The Kier molecular flexibility index (Phi) is 7.99. The highest BCUT2D eigenvalue weighted by Crippen LogP contribution is 2.15. The molecule has 0 atom stereocenters. The van der Waals surface area contributed by atoms with Gasteiger partial charge in [-0.1, -0.05) is 30.3 Å². The van der Waals surface area contributed by atoms with Crippen LogP contribution >= 0.6 is 0 Å². The predicted octanol–water partition coefficient (Wildman–Crippen LogP) is 3.64. The molecule has 0 spiro atoms. The van der Waals surface area contributed by atoms with Crippen LogP contribution in [-0.4, -0.2) is 65.4 Å². The Hall–Kier alpha value is -3.65. The largest absolute Gasteiger partial charge is 0.461 e. The molecule has 1 aromatic heterocycles. The van der Waals surface area contributed by atoms with E-state index in [4.69, 9.17) is 4.74 Å². The predicted molar refractivity (Wildman–Crippen MR) is 124 cm³/mol. The number of benzene rings is 2. The summed E-state index contributed by atoms with van der Waals surface area (Å²) < 4.78 is 6.56. The van der Waals surface area contributed by atoms with Crippen LogP contribution in [0.2, 0.25) is 0 Å². The molecule has 8 heteroatoms. The molecule has 0 aliphatic carbocycles. The summed E-state index contributed by atoms with van der Waals surface area (Å²) in [6.45, 7) is 3.96. The van der Waals surface area contributed by atoms with Crippen molar-refractivity contribution in [3.8, 4) is 5.69 Å². The molecule has 0 unspecified atom stereocenters. The zero-order valence-electron chi connectivity index (χ0n) is 18.7. The lowest BCUT2D eigenvalue weighted by Gasteiger charge is -2.25. The van der Waals surface area contributed by atoms with Crippen molar-refractivity contribution in [3.05, 3.63) is 78.1 Å². The van der Waals surface area contributed by atoms with Crippen LogP contribution in [0.4, 0.5) is 10.5 Å². The Morgan fingerprint density at radius 2 is 1.72 bits per heavy atom. The Bertz CT molecular complexity index is 1020. The molecule has 3 aromatic rings. The number of carbonyl (C=O) groups excluding carboxylic acids is 2. The number of rotatable bonds is 9. The number of amides is 2. The third kappa shape index (κ3) is 6.42. The fourth-order valence-corrected chi connectivity index (χ4v) is 3.06. The molecule has 0 saturated carbocycles. The van der Waals surface area contributed by atoms with Gasteiger partial charge in [0.25, 0.3) is 0 Å². The molecule has 8 nitrogen and oxygen atoms in total. The number of esters is 1. The monoisotopic (exact) mass is 435 g/mol. The minimum absolute atomic E-state index is 0.160. The lowest BCUT2D eigenvalue weighted by atomic mass is 10.2. The number of nitrogens with one attached hydrogen (secondary N) is 1. The molecule has 0 saturated heterocycles. The number of carbonyl (C=O) groups is 2. The van der Waals surface area contributed by atoms with Gasteiger partial charge in [-0.15, -0.1) is 0 Å².